The summed E-state index contributed by atoms with van der Waals surface area (Å²) in [5.74, 6) is -0.293. The molecule has 4 heteroatoms. The van der Waals surface area contributed by atoms with Crippen molar-refractivity contribution in [2.24, 2.45) is 0 Å². The molecule has 1 aliphatic heterocycles. The van der Waals surface area contributed by atoms with Crippen LogP contribution >= 0.6 is 0 Å². The van der Waals surface area contributed by atoms with Crippen LogP contribution in [0.2, 0.25) is 0 Å². The first-order chi connectivity index (χ1) is 7.75. The van der Waals surface area contributed by atoms with Crippen LogP contribution in [-0.2, 0) is 9.47 Å². The molecule has 1 unspecified atom stereocenters. The molecule has 1 atom stereocenters. The summed E-state index contributed by atoms with van der Waals surface area (Å²) < 4.78 is 23.2. The van der Waals surface area contributed by atoms with Gasteiger partial charge in [-0.2, -0.15) is 0 Å². The van der Waals surface area contributed by atoms with Crippen molar-refractivity contribution in [3.63, 3.8) is 0 Å². The van der Waals surface area contributed by atoms with Crippen LogP contribution in [0.25, 0.3) is 0 Å². The molecule has 0 spiro atoms. The minimum atomic E-state index is -0.589. The number of benzene rings is 1. The Bertz CT molecular complexity index is 320. The zero-order valence-electron chi connectivity index (χ0n) is 8.93. The molecule has 88 valence electrons. The Labute approximate surface area is 93.8 Å². The Morgan fingerprint density at radius 1 is 1.25 bits per heavy atom. The Hall–Kier alpha value is -0.970. The van der Waals surface area contributed by atoms with Crippen LogP contribution in [-0.4, -0.2) is 24.6 Å². The molecular weight excluding hydrogens is 211 g/mol. The lowest BCUT2D eigenvalue weighted by Crippen LogP contribution is -2.09. The molecule has 1 saturated heterocycles. The molecule has 0 radical (unpaired) electrons. The Morgan fingerprint density at radius 3 is 2.50 bits per heavy atom. The predicted molar refractivity (Wildman–Crippen MR) is 56.3 cm³/mol. The second-order valence-electron chi connectivity index (χ2n) is 3.82. The number of halogens is 1. The van der Waals surface area contributed by atoms with E-state index in [2.05, 4.69) is 0 Å². The molecule has 0 aliphatic carbocycles. The van der Waals surface area contributed by atoms with Gasteiger partial charge in [0.1, 0.15) is 5.82 Å². The average molecular weight is 226 g/mol. The second kappa shape index (κ2) is 5.39. The number of hydrogen-bond acceptors (Lipinski definition) is 3. The average Bonchev–Trinajstić information content (AvgIpc) is 2.80. The maximum atomic E-state index is 12.7. The molecule has 1 fully saturated rings. The molecule has 3 nitrogen and oxygen atoms in total. The summed E-state index contributed by atoms with van der Waals surface area (Å²) in [4.78, 5) is 0. The minimum Gasteiger partial charge on any atom is -0.388 e. The standard InChI is InChI=1S/C12H15FO3/c13-10-3-1-9(2-4-10)11(14)5-6-12-15-7-8-16-12/h1-4,11-12,14H,5-8H2. The molecule has 1 aliphatic rings. The lowest BCUT2D eigenvalue weighted by molar-refractivity contribution is -0.0542. The Balaban J connectivity index is 1.82. The summed E-state index contributed by atoms with van der Waals surface area (Å²) in [6, 6.07) is 5.88. The second-order valence-corrected chi connectivity index (χ2v) is 3.82. The zero-order chi connectivity index (χ0) is 11.4. The van der Waals surface area contributed by atoms with Crippen LogP contribution in [0, 0.1) is 5.82 Å². The van der Waals surface area contributed by atoms with Crippen molar-refractivity contribution >= 4 is 0 Å². The molecule has 1 aromatic carbocycles. The van der Waals surface area contributed by atoms with E-state index >= 15 is 0 Å². The fraction of sp³-hybridized carbons (Fsp3) is 0.500. The van der Waals surface area contributed by atoms with Crippen LogP contribution in [0.3, 0.4) is 0 Å². The topological polar surface area (TPSA) is 38.7 Å². The van der Waals surface area contributed by atoms with Crippen molar-refractivity contribution in [3.05, 3.63) is 35.6 Å². The monoisotopic (exact) mass is 226 g/mol. The van der Waals surface area contributed by atoms with E-state index in [1.54, 1.807) is 12.1 Å². The van der Waals surface area contributed by atoms with Gasteiger partial charge in [0.15, 0.2) is 6.29 Å². The smallest absolute Gasteiger partial charge is 0.157 e. The number of aliphatic hydroxyl groups excluding tert-OH is 1. The van der Waals surface area contributed by atoms with E-state index in [0.29, 0.717) is 26.1 Å². The Morgan fingerprint density at radius 2 is 1.88 bits per heavy atom. The van der Waals surface area contributed by atoms with Gasteiger partial charge in [-0.3, -0.25) is 0 Å². The van der Waals surface area contributed by atoms with Gasteiger partial charge in [-0.1, -0.05) is 12.1 Å². The van der Waals surface area contributed by atoms with E-state index in [1.807, 2.05) is 0 Å². The van der Waals surface area contributed by atoms with Gasteiger partial charge < -0.3 is 14.6 Å². The van der Waals surface area contributed by atoms with Gasteiger partial charge >= 0.3 is 0 Å². The van der Waals surface area contributed by atoms with Gasteiger partial charge in [-0.15, -0.1) is 0 Å². The van der Waals surface area contributed by atoms with Crippen molar-refractivity contribution in [3.8, 4) is 0 Å². The highest BCUT2D eigenvalue weighted by Crippen LogP contribution is 2.21. The highest BCUT2D eigenvalue weighted by Gasteiger charge is 2.18. The minimum absolute atomic E-state index is 0.199. The predicted octanol–water partition coefficient (Wildman–Crippen LogP) is 2.01. The van der Waals surface area contributed by atoms with Gasteiger partial charge in [0.05, 0.1) is 19.3 Å². The number of rotatable bonds is 4. The molecule has 1 aromatic rings. The van der Waals surface area contributed by atoms with Gasteiger partial charge in [0.2, 0.25) is 0 Å². The number of aliphatic hydroxyl groups is 1. The molecule has 0 bridgehead atoms. The van der Waals surface area contributed by atoms with Crippen LogP contribution in [0.5, 0.6) is 0 Å². The lowest BCUT2D eigenvalue weighted by atomic mass is 10.0. The van der Waals surface area contributed by atoms with E-state index in [9.17, 15) is 9.50 Å². The van der Waals surface area contributed by atoms with Crippen molar-refractivity contribution in [2.75, 3.05) is 13.2 Å². The molecular formula is C12H15FO3. The lowest BCUT2D eigenvalue weighted by Gasteiger charge is -2.13. The molecule has 1 heterocycles. The fourth-order valence-corrected chi connectivity index (χ4v) is 1.72. The van der Waals surface area contributed by atoms with Crippen molar-refractivity contribution in [1.82, 2.24) is 0 Å². The van der Waals surface area contributed by atoms with Crippen molar-refractivity contribution < 1.29 is 19.0 Å². The fourth-order valence-electron chi connectivity index (χ4n) is 1.72. The molecule has 0 saturated carbocycles. The molecule has 1 N–H and O–H groups in total. The summed E-state index contributed by atoms with van der Waals surface area (Å²) in [6.45, 7) is 1.24. The summed E-state index contributed by atoms with van der Waals surface area (Å²) in [5, 5.41) is 9.84. The van der Waals surface area contributed by atoms with E-state index in [0.717, 1.165) is 5.56 Å². The summed E-state index contributed by atoms with van der Waals surface area (Å²) >= 11 is 0. The molecule has 2 rings (SSSR count). The third kappa shape index (κ3) is 3.01. The first-order valence-electron chi connectivity index (χ1n) is 5.42. The summed E-state index contributed by atoms with van der Waals surface area (Å²) in [7, 11) is 0. The highest BCUT2D eigenvalue weighted by atomic mass is 19.1. The van der Waals surface area contributed by atoms with E-state index in [-0.39, 0.29) is 12.1 Å². The third-order valence-corrected chi connectivity index (χ3v) is 2.62. The van der Waals surface area contributed by atoms with Crippen molar-refractivity contribution in [1.29, 1.82) is 0 Å². The zero-order valence-corrected chi connectivity index (χ0v) is 8.93. The highest BCUT2D eigenvalue weighted by molar-refractivity contribution is 5.18. The molecule has 0 aromatic heterocycles. The first-order valence-corrected chi connectivity index (χ1v) is 5.42. The van der Waals surface area contributed by atoms with Crippen molar-refractivity contribution in [2.45, 2.75) is 25.2 Å². The summed E-state index contributed by atoms with van der Waals surface area (Å²) in [5.41, 5.74) is 0.722. The van der Waals surface area contributed by atoms with Crippen LogP contribution < -0.4 is 0 Å². The maximum absolute atomic E-state index is 12.7. The largest absolute Gasteiger partial charge is 0.388 e. The molecule has 0 amide bonds. The normalized spacial score (nSPS) is 18.9. The van der Waals surface area contributed by atoms with Gasteiger partial charge in [0.25, 0.3) is 0 Å². The van der Waals surface area contributed by atoms with Gasteiger partial charge in [0, 0.05) is 6.42 Å². The van der Waals surface area contributed by atoms with E-state index in [4.69, 9.17) is 9.47 Å². The maximum Gasteiger partial charge on any atom is 0.157 e. The number of ether oxygens (including phenoxy) is 2. The quantitative estimate of drug-likeness (QED) is 0.853. The SMILES string of the molecule is OC(CCC1OCCO1)c1ccc(F)cc1. The first kappa shape index (κ1) is 11.5. The van der Waals surface area contributed by atoms with Crippen LogP contribution in [0.15, 0.2) is 24.3 Å². The van der Waals surface area contributed by atoms with Crippen LogP contribution in [0.4, 0.5) is 4.39 Å². The third-order valence-electron chi connectivity index (χ3n) is 2.62. The molecule has 16 heavy (non-hydrogen) atoms. The van der Waals surface area contributed by atoms with Gasteiger partial charge in [-0.25, -0.2) is 4.39 Å². The van der Waals surface area contributed by atoms with E-state index < -0.39 is 6.10 Å². The van der Waals surface area contributed by atoms with Gasteiger partial charge in [-0.05, 0) is 24.1 Å². The summed E-state index contributed by atoms with van der Waals surface area (Å²) in [6.07, 6.45) is 0.415. The van der Waals surface area contributed by atoms with E-state index in [1.165, 1.54) is 12.1 Å². The number of hydrogen-bond donors (Lipinski definition) is 1. The van der Waals surface area contributed by atoms with Crippen LogP contribution in [0.1, 0.15) is 24.5 Å². The Kier molecular flexibility index (Phi) is 3.88.